The molecular formula is C21H19ClFN3O4. The fourth-order valence-corrected chi connectivity index (χ4v) is 4.32. The number of carbonyl (C=O) groups is 1. The largest absolute Gasteiger partial charge is 0.508 e. The molecule has 1 aromatic heterocycles. The first-order valence-corrected chi connectivity index (χ1v) is 9.27. The number of aromatic carboxylic acids is 1. The van der Waals surface area contributed by atoms with Crippen molar-refractivity contribution >= 4 is 35.0 Å². The van der Waals surface area contributed by atoms with Crippen LogP contribution in [0.5, 0.6) is 5.75 Å². The van der Waals surface area contributed by atoms with E-state index in [0.29, 0.717) is 41.8 Å². The van der Waals surface area contributed by atoms with Crippen LogP contribution in [0.4, 0.5) is 10.1 Å². The number of halogens is 2. The first kappa shape index (κ1) is 20.2. The number of hydrogen-bond acceptors (Lipinski definition) is 5. The Balaban J connectivity index is 0.00000218. The number of rotatable bonds is 3. The molecule has 2 aliphatic rings. The Bertz CT molecular complexity index is 1220. The Morgan fingerprint density at radius 1 is 1.13 bits per heavy atom. The Morgan fingerprint density at radius 2 is 1.77 bits per heavy atom. The van der Waals surface area contributed by atoms with Crippen LogP contribution >= 0.6 is 12.4 Å². The second-order valence-electron chi connectivity index (χ2n) is 7.69. The van der Waals surface area contributed by atoms with Crippen LogP contribution in [0.3, 0.4) is 0 Å². The van der Waals surface area contributed by atoms with Gasteiger partial charge in [-0.1, -0.05) is 0 Å². The number of carboxylic acids is 1. The Kier molecular flexibility index (Phi) is 4.71. The van der Waals surface area contributed by atoms with Crippen LogP contribution < -0.4 is 16.1 Å². The normalized spacial score (nSPS) is 21.9. The molecule has 1 aliphatic carbocycles. The van der Waals surface area contributed by atoms with Crippen molar-refractivity contribution in [2.24, 2.45) is 17.6 Å². The summed E-state index contributed by atoms with van der Waals surface area (Å²) in [6, 6.07) is 8.97. The maximum Gasteiger partial charge on any atom is 0.341 e. The Labute approximate surface area is 176 Å². The van der Waals surface area contributed by atoms with E-state index in [2.05, 4.69) is 0 Å². The van der Waals surface area contributed by atoms with Crippen LogP contribution in [0.2, 0.25) is 0 Å². The van der Waals surface area contributed by atoms with Crippen molar-refractivity contribution in [3.05, 3.63) is 64.2 Å². The number of aromatic nitrogens is 1. The van der Waals surface area contributed by atoms with Crippen LogP contribution in [0.25, 0.3) is 16.6 Å². The number of carboxylic acid groups (broad SMARTS) is 1. The minimum atomic E-state index is -1.39. The molecule has 4 N–H and O–H groups in total. The molecule has 9 heteroatoms. The van der Waals surface area contributed by atoms with E-state index in [0.717, 1.165) is 6.07 Å². The molecule has 2 heterocycles. The fourth-order valence-electron chi connectivity index (χ4n) is 4.32. The Hall–Kier alpha value is -3.10. The van der Waals surface area contributed by atoms with Crippen LogP contribution in [-0.4, -0.2) is 39.9 Å². The summed E-state index contributed by atoms with van der Waals surface area (Å²) in [5.41, 5.74) is 6.09. The van der Waals surface area contributed by atoms with Gasteiger partial charge in [-0.15, -0.1) is 12.4 Å². The van der Waals surface area contributed by atoms with Crippen molar-refractivity contribution in [2.75, 3.05) is 18.0 Å². The molecular weight excluding hydrogens is 413 g/mol. The summed E-state index contributed by atoms with van der Waals surface area (Å²) in [6.45, 7) is 1.32. The van der Waals surface area contributed by atoms with Gasteiger partial charge in [-0.2, -0.15) is 0 Å². The summed E-state index contributed by atoms with van der Waals surface area (Å²) in [6.07, 6.45) is 1.23. The quantitative estimate of drug-likeness (QED) is 0.587. The van der Waals surface area contributed by atoms with Gasteiger partial charge in [0.15, 0.2) is 0 Å². The number of hydrogen-bond donors (Lipinski definition) is 3. The average molecular weight is 432 g/mol. The second kappa shape index (κ2) is 7.00. The second-order valence-corrected chi connectivity index (χ2v) is 7.69. The van der Waals surface area contributed by atoms with Crippen LogP contribution in [0.1, 0.15) is 10.4 Å². The molecule has 0 bridgehead atoms. The molecule has 156 valence electrons. The van der Waals surface area contributed by atoms with Crippen molar-refractivity contribution in [3.8, 4) is 11.4 Å². The molecule has 0 spiro atoms. The predicted molar refractivity (Wildman–Crippen MR) is 113 cm³/mol. The summed E-state index contributed by atoms with van der Waals surface area (Å²) in [7, 11) is 0. The molecule has 0 amide bonds. The van der Waals surface area contributed by atoms with E-state index in [4.69, 9.17) is 5.73 Å². The van der Waals surface area contributed by atoms with Crippen molar-refractivity contribution in [1.29, 1.82) is 0 Å². The van der Waals surface area contributed by atoms with Gasteiger partial charge in [0.2, 0.25) is 5.43 Å². The third-order valence-electron chi connectivity index (χ3n) is 6.03. The lowest BCUT2D eigenvalue weighted by Crippen LogP contribution is -2.29. The lowest BCUT2D eigenvalue weighted by molar-refractivity contribution is 0.0695. The smallest absolute Gasteiger partial charge is 0.341 e. The fraction of sp³-hybridized carbons (Fsp3) is 0.238. The van der Waals surface area contributed by atoms with Crippen LogP contribution in [0.15, 0.2) is 47.4 Å². The highest BCUT2D eigenvalue weighted by Crippen LogP contribution is 2.46. The molecule has 1 saturated heterocycles. The summed E-state index contributed by atoms with van der Waals surface area (Å²) in [5.74, 6) is -1.18. The topological polar surface area (TPSA) is 109 Å². The van der Waals surface area contributed by atoms with Gasteiger partial charge >= 0.3 is 5.97 Å². The number of piperidine rings is 1. The summed E-state index contributed by atoms with van der Waals surface area (Å²) in [5, 5.41) is 19.0. The summed E-state index contributed by atoms with van der Waals surface area (Å²) in [4.78, 5) is 26.2. The number of nitrogens with zero attached hydrogens (tertiary/aromatic N) is 2. The maximum atomic E-state index is 14.9. The lowest BCUT2D eigenvalue weighted by Gasteiger charge is -2.23. The van der Waals surface area contributed by atoms with Gasteiger partial charge in [0.25, 0.3) is 0 Å². The van der Waals surface area contributed by atoms with Gasteiger partial charge < -0.3 is 25.4 Å². The molecule has 1 saturated carbocycles. The van der Waals surface area contributed by atoms with E-state index in [1.165, 1.54) is 22.9 Å². The van der Waals surface area contributed by atoms with Crippen molar-refractivity contribution < 1.29 is 19.4 Å². The SMILES string of the molecule is Cl.NC1[C@H]2CN(c3cc4c(cc3F)c(=O)c(C(=O)O)cn4-c3ccc(O)cc3)C[C@@H]12. The van der Waals surface area contributed by atoms with Gasteiger partial charge in [0.05, 0.1) is 11.2 Å². The zero-order valence-electron chi connectivity index (χ0n) is 15.7. The van der Waals surface area contributed by atoms with Crippen molar-refractivity contribution in [1.82, 2.24) is 4.57 Å². The molecule has 0 radical (unpaired) electrons. The highest BCUT2D eigenvalue weighted by atomic mass is 35.5. The van der Waals surface area contributed by atoms with Crippen LogP contribution in [0, 0.1) is 17.7 Å². The summed E-state index contributed by atoms with van der Waals surface area (Å²) < 4.78 is 16.4. The van der Waals surface area contributed by atoms with Crippen molar-refractivity contribution in [2.45, 2.75) is 6.04 Å². The van der Waals surface area contributed by atoms with Crippen LogP contribution in [-0.2, 0) is 0 Å². The summed E-state index contributed by atoms with van der Waals surface area (Å²) >= 11 is 0. The number of phenols is 1. The number of benzene rings is 2. The molecule has 1 aliphatic heterocycles. The third-order valence-corrected chi connectivity index (χ3v) is 6.03. The molecule has 2 fully saturated rings. The average Bonchev–Trinajstić information content (AvgIpc) is 3.10. The standard InChI is InChI=1S/C21H18FN3O4.ClH/c22-16-5-12-17(6-18(16)24-7-13-14(8-24)19(13)23)25(9-15(20(12)27)21(28)29)10-1-3-11(26)4-2-10;/h1-6,9,13-14,19,26H,7-8,23H2,(H,28,29);1H/t13-,14+,19?;. The minimum Gasteiger partial charge on any atom is -0.508 e. The van der Waals surface area contributed by atoms with E-state index in [9.17, 15) is 24.2 Å². The molecule has 3 aromatic rings. The minimum absolute atomic E-state index is 0. The Morgan fingerprint density at radius 3 is 2.37 bits per heavy atom. The van der Waals surface area contributed by atoms with E-state index in [1.54, 1.807) is 18.2 Å². The van der Waals surface area contributed by atoms with Gasteiger partial charge in [0, 0.05) is 36.4 Å². The van der Waals surface area contributed by atoms with E-state index < -0.39 is 22.8 Å². The van der Waals surface area contributed by atoms with Gasteiger partial charge in [-0.3, -0.25) is 4.79 Å². The monoisotopic (exact) mass is 431 g/mol. The number of aromatic hydroxyl groups is 1. The van der Waals surface area contributed by atoms with E-state index >= 15 is 0 Å². The number of nitrogens with two attached hydrogens (primary N) is 1. The van der Waals surface area contributed by atoms with Gasteiger partial charge in [-0.05, 0) is 48.2 Å². The first-order chi connectivity index (χ1) is 13.8. The first-order valence-electron chi connectivity index (χ1n) is 9.27. The molecule has 2 aromatic carbocycles. The number of phenolic OH excluding ortho intramolecular Hbond substituents is 1. The molecule has 3 atom stereocenters. The highest BCUT2D eigenvalue weighted by molar-refractivity contribution is 5.94. The lowest BCUT2D eigenvalue weighted by atomic mass is 10.1. The third kappa shape index (κ3) is 3.00. The molecule has 30 heavy (non-hydrogen) atoms. The van der Waals surface area contributed by atoms with E-state index in [1.807, 2.05) is 4.90 Å². The van der Waals surface area contributed by atoms with Gasteiger partial charge in [-0.25, -0.2) is 9.18 Å². The zero-order valence-corrected chi connectivity index (χ0v) is 16.5. The van der Waals surface area contributed by atoms with Gasteiger partial charge in [0.1, 0.15) is 17.1 Å². The molecule has 5 rings (SSSR count). The number of pyridine rings is 1. The maximum absolute atomic E-state index is 14.9. The number of fused-ring (bicyclic) bond motifs is 2. The van der Waals surface area contributed by atoms with E-state index in [-0.39, 0.29) is 29.6 Å². The number of anilines is 1. The predicted octanol–water partition coefficient (Wildman–Crippen LogP) is 2.35. The highest BCUT2D eigenvalue weighted by Gasteiger charge is 2.53. The van der Waals surface area contributed by atoms with Crippen molar-refractivity contribution in [3.63, 3.8) is 0 Å². The zero-order chi connectivity index (χ0) is 20.4. The molecule has 7 nitrogen and oxygen atoms in total. The molecule has 1 unspecified atom stereocenters.